The van der Waals surface area contributed by atoms with Crippen LogP contribution < -0.4 is 16.4 Å². The van der Waals surface area contributed by atoms with Crippen molar-refractivity contribution in [2.24, 2.45) is 4.99 Å². The highest BCUT2D eigenvalue weighted by atomic mass is 16.5. The molecule has 25 heavy (non-hydrogen) atoms. The zero-order chi connectivity index (χ0) is 17.4. The number of nitrogens with two attached hydrogens (primary N) is 1. The van der Waals surface area contributed by atoms with Crippen LogP contribution in [0.4, 0.5) is 6.01 Å². The molecule has 128 valence electrons. The van der Waals surface area contributed by atoms with Crippen LogP contribution in [0, 0.1) is 0 Å². The van der Waals surface area contributed by atoms with Crippen LogP contribution >= 0.6 is 0 Å². The van der Waals surface area contributed by atoms with Gasteiger partial charge in [-0.2, -0.15) is 4.98 Å². The van der Waals surface area contributed by atoms with E-state index in [1.807, 2.05) is 36.8 Å². The molecule has 0 radical (unpaired) electrons. The minimum atomic E-state index is -0.00913. The van der Waals surface area contributed by atoms with E-state index in [0.29, 0.717) is 11.9 Å². The van der Waals surface area contributed by atoms with Gasteiger partial charge in [0, 0.05) is 40.5 Å². The number of H-pyrrole nitrogens is 1. The molecule has 8 nitrogen and oxygen atoms in total. The van der Waals surface area contributed by atoms with Gasteiger partial charge in [0.15, 0.2) is 0 Å². The Morgan fingerprint density at radius 1 is 1.32 bits per heavy atom. The maximum absolute atomic E-state index is 5.52. The number of aromatic amines is 1. The largest absolute Gasteiger partial charge is 0.363 e. The summed E-state index contributed by atoms with van der Waals surface area (Å²) >= 11 is 0. The highest BCUT2D eigenvalue weighted by Crippen LogP contribution is 2.28. The summed E-state index contributed by atoms with van der Waals surface area (Å²) in [5, 5.41) is 11.8. The van der Waals surface area contributed by atoms with Gasteiger partial charge in [0.1, 0.15) is 6.17 Å². The Kier molecular flexibility index (Phi) is 3.73. The minimum Gasteiger partial charge on any atom is -0.363 e. The molecule has 1 aliphatic rings. The standard InChI is InChI=1S/C17H19N7O/c1-9(2)21-15-8-19-7-14(22-15)12-6-20-13-4-3-10(5-11(12)13)16-23-17(18)25-24-16/h3-9,15,20-22H,1-2H3,(H2,18,23,24). The van der Waals surface area contributed by atoms with Crippen molar-refractivity contribution >= 4 is 28.8 Å². The first kappa shape index (κ1) is 15.4. The van der Waals surface area contributed by atoms with E-state index in [0.717, 1.165) is 27.7 Å². The number of hydrogen-bond acceptors (Lipinski definition) is 7. The van der Waals surface area contributed by atoms with Crippen LogP contribution in [0.25, 0.3) is 28.0 Å². The summed E-state index contributed by atoms with van der Waals surface area (Å²) in [5.74, 6) is 0.467. The molecule has 1 unspecified atom stereocenters. The van der Waals surface area contributed by atoms with E-state index in [-0.39, 0.29) is 12.2 Å². The smallest absolute Gasteiger partial charge is 0.319 e. The lowest BCUT2D eigenvalue weighted by Crippen LogP contribution is -2.46. The summed E-state index contributed by atoms with van der Waals surface area (Å²) in [5.41, 5.74) is 9.34. The fourth-order valence-electron chi connectivity index (χ4n) is 2.87. The van der Waals surface area contributed by atoms with Crippen molar-refractivity contribution in [2.75, 3.05) is 5.73 Å². The Bertz CT molecular complexity index is 966. The third kappa shape index (κ3) is 2.99. The number of hydrogen-bond donors (Lipinski definition) is 4. The van der Waals surface area contributed by atoms with Crippen LogP contribution in [-0.2, 0) is 0 Å². The Balaban J connectivity index is 1.70. The number of aromatic nitrogens is 3. The first-order valence-corrected chi connectivity index (χ1v) is 8.07. The van der Waals surface area contributed by atoms with Gasteiger partial charge in [0.2, 0.25) is 5.82 Å². The summed E-state index contributed by atoms with van der Waals surface area (Å²) < 4.78 is 4.87. The van der Waals surface area contributed by atoms with Crippen molar-refractivity contribution in [3.63, 3.8) is 0 Å². The van der Waals surface area contributed by atoms with Gasteiger partial charge in [-0.25, -0.2) is 0 Å². The summed E-state index contributed by atoms with van der Waals surface area (Å²) in [6.45, 7) is 4.20. The molecule has 0 aliphatic carbocycles. The van der Waals surface area contributed by atoms with Crippen LogP contribution in [0.15, 0.2) is 40.1 Å². The molecule has 5 N–H and O–H groups in total. The maximum atomic E-state index is 5.52. The van der Waals surface area contributed by atoms with Crippen molar-refractivity contribution in [1.29, 1.82) is 0 Å². The third-order valence-electron chi connectivity index (χ3n) is 3.93. The first-order chi connectivity index (χ1) is 12.1. The molecule has 1 atom stereocenters. The average Bonchev–Trinajstić information content (AvgIpc) is 3.20. The Morgan fingerprint density at radius 3 is 2.96 bits per heavy atom. The number of nitrogens with one attached hydrogen (secondary N) is 3. The minimum absolute atomic E-state index is 0.00913. The highest BCUT2D eigenvalue weighted by molar-refractivity contribution is 5.95. The molecule has 0 spiro atoms. The fourth-order valence-corrected chi connectivity index (χ4v) is 2.87. The predicted octanol–water partition coefficient (Wildman–Crippen LogP) is 2.10. The van der Waals surface area contributed by atoms with Crippen molar-refractivity contribution in [1.82, 2.24) is 25.8 Å². The van der Waals surface area contributed by atoms with Gasteiger partial charge in [0.05, 0.1) is 11.9 Å². The third-order valence-corrected chi connectivity index (χ3v) is 3.93. The normalized spacial score (nSPS) is 17.1. The number of aliphatic imine (C=N–C) groups is 1. The van der Waals surface area contributed by atoms with E-state index < -0.39 is 0 Å². The molecule has 3 heterocycles. The van der Waals surface area contributed by atoms with Crippen molar-refractivity contribution in [2.45, 2.75) is 26.1 Å². The second kappa shape index (κ2) is 6.06. The molecule has 8 heteroatoms. The van der Waals surface area contributed by atoms with Crippen LogP contribution in [-0.4, -0.2) is 33.5 Å². The first-order valence-electron chi connectivity index (χ1n) is 8.07. The maximum Gasteiger partial charge on any atom is 0.319 e. The zero-order valence-corrected chi connectivity index (χ0v) is 13.9. The van der Waals surface area contributed by atoms with Gasteiger partial charge in [-0.15, -0.1) is 0 Å². The molecule has 1 aromatic carbocycles. The molecule has 0 saturated carbocycles. The number of rotatable bonds is 4. The molecule has 0 saturated heterocycles. The van der Waals surface area contributed by atoms with Crippen molar-refractivity contribution < 1.29 is 4.52 Å². The number of fused-ring (bicyclic) bond motifs is 1. The Morgan fingerprint density at radius 2 is 2.20 bits per heavy atom. The quantitative estimate of drug-likeness (QED) is 0.579. The topological polar surface area (TPSA) is 117 Å². The molecule has 1 aliphatic heterocycles. The summed E-state index contributed by atoms with van der Waals surface area (Å²) in [4.78, 5) is 11.7. The summed E-state index contributed by atoms with van der Waals surface area (Å²) in [7, 11) is 0. The second-order valence-electron chi connectivity index (χ2n) is 6.20. The number of anilines is 1. The van der Waals surface area contributed by atoms with Crippen LogP contribution in [0.1, 0.15) is 19.4 Å². The molecule has 0 bridgehead atoms. The van der Waals surface area contributed by atoms with Crippen LogP contribution in [0.3, 0.4) is 0 Å². The number of benzene rings is 1. The molecule has 0 fully saturated rings. The summed E-state index contributed by atoms with van der Waals surface area (Å²) in [6, 6.07) is 6.32. The van der Waals surface area contributed by atoms with Crippen LogP contribution in [0.5, 0.6) is 0 Å². The lowest BCUT2D eigenvalue weighted by molar-refractivity contribution is 0.437. The van der Waals surface area contributed by atoms with Gasteiger partial charge in [-0.1, -0.05) is 5.16 Å². The second-order valence-corrected chi connectivity index (χ2v) is 6.20. The monoisotopic (exact) mass is 337 g/mol. The van der Waals surface area contributed by atoms with Gasteiger partial charge >= 0.3 is 6.01 Å². The van der Waals surface area contributed by atoms with Crippen LogP contribution in [0.2, 0.25) is 0 Å². The van der Waals surface area contributed by atoms with Gasteiger partial charge in [-0.05, 0) is 32.0 Å². The van der Waals surface area contributed by atoms with Gasteiger partial charge < -0.3 is 20.6 Å². The highest BCUT2D eigenvalue weighted by Gasteiger charge is 2.17. The molecular weight excluding hydrogens is 318 g/mol. The zero-order valence-electron chi connectivity index (χ0n) is 13.9. The van der Waals surface area contributed by atoms with Crippen molar-refractivity contribution in [3.05, 3.63) is 36.2 Å². The SMILES string of the molecule is CC(C)NC1C=NC=C(c2c[nH]c3ccc(-c4noc(N)n4)cc23)N1. The average molecular weight is 337 g/mol. The molecule has 4 rings (SSSR count). The van der Waals surface area contributed by atoms with Crippen molar-refractivity contribution in [3.8, 4) is 11.4 Å². The van der Waals surface area contributed by atoms with E-state index in [1.54, 1.807) is 0 Å². The Hall–Kier alpha value is -3.13. The molecule has 2 aromatic heterocycles. The number of nitrogen functional groups attached to an aromatic ring is 1. The lowest BCUT2D eigenvalue weighted by atomic mass is 10.1. The summed E-state index contributed by atoms with van der Waals surface area (Å²) in [6.07, 6.45) is 5.63. The van der Waals surface area contributed by atoms with E-state index >= 15 is 0 Å². The Labute approximate surface area is 144 Å². The van der Waals surface area contributed by atoms with E-state index in [9.17, 15) is 0 Å². The van der Waals surface area contributed by atoms with E-state index in [1.165, 1.54) is 0 Å². The predicted molar refractivity (Wildman–Crippen MR) is 97.7 cm³/mol. The lowest BCUT2D eigenvalue weighted by Gasteiger charge is -2.23. The number of nitrogens with zero attached hydrogens (tertiary/aromatic N) is 3. The van der Waals surface area contributed by atoms with Gasteiger partial charge in [-0.3, -0.25) is 10.3 Å². The fraction of sp³-hybridized carbons (Fsp3) is 0.235. The van der Waals surface area contributed by atoms with Gasteiger partial charge in [0.25, 0.3) is 0 Å². The molecular formula is C17H19N7O. The molecule has 3 aromatic rings. The van der Waals surface area contributed by atoms with E-state index in [2.05, 4.69) is 44.6 Å². The molecule has 0 amide bonds. The van der Waals surface area contributed by atoms with E-state index in [4.69, 9.17) is 10.3 Å².